The molecule has 0 fully saturated rings. The van der Waals surface area contributed by atoms with Crippen LogP contribution in [0, 0.1) is 0 Å². The van der Waals surface area contributed by atoms with Gasteiger partial charge in [-0.05, 0) is 12.1 Å². The van der Waals surface area contributed by atoms with Crippen molar-refractivity contribution in [2.45, 2.75) is 0 Å². The molecule has 0 aromatic heterocycles. The summed E-state index contributed by atoms with van der Waals surface area (Å²) in [5, 5.41) is 0. The third kappa shape index (κ3) is 3.14. The van der Waals surface area contributed by atoms with Crippen LogP contribution in [0.2, 0.25) is 0 Å². The minimum Gasteiger partial charge on any atom is -0.408 e. The van der Waals surface area contributed by atoms with Crippen molar-refractivity contribution in [1.29, 1.82) is 0 Å². The fourth-order valence-corrected chi connectivity index (χ4v) is 0.732. The summed E-state index contributed by atoms with van der Waals surface area (Å²) in [5.41, 5.74) is 0. The van der Waals surface area contributed by atoms with Crippen molar-refractivity contribution < 1.29 is 31.5 Å². The summed E-state index contributed by atoms with van der Waals surface area (Å²) in [5.74, 6) is 0.620. The Kier molecular flexibility index (Phi) is 5.55. The third-order valence-electron chi connectivity index (χ3n) is 0.886. The second-order valence-corrected chi connectivity index (χ2v) is 1.81. The van der Waals surface area contributed by atoms with E-state index >= 15 is 0 Å². The molecule has 0 heterocycles. The molecular weight excluding hydrogens is 243 g/mol. The van der Waals surface area contributed by atoms with Crippen molar-refractivity contribution >= 4 is 8.69 Å². The van der Waals surface area contributed by atoms with E-state index in [4.69, 9.17) is 0 Å². The Morgan fingerprint density at radius 3 is 2.30 bits per heavy atom. The van der Waals surface area contributed by atoms with Crippen LogP contribution in [0.5, 0.6) is 5.75 Å². The molecule has 0 aliphatic rings. The molecule has 10 heavy (non-hydrogen) atoms. The Labute approximate surface area is 76.4 Å². The first-order valence-electron chi connectivity index (χ1n) is 2.48. The largest absolute Gasteiger partial charge is 0.408 e. The number of para-hydroxylation sites is 1. The van der Waals surface area contributed by atoms with E-state index in [-0.39, 0.29) is 31.1 Å². The van der Waals surface area contributed by atoms with E-state index in [2.05, 4.69) is 4.52 Å². The molecule has 1 aromatic rings. The molecule has 0 aliphatic heterocycles. The van der Waals surface area contributed by atoms with E-state index in [0.29, 0.717) is 5.75 Å². The Bertz CT molecular complexity index is 190. The third-order valence-corrected chi connectivity index (χ3v) is 1.17. The van der Waals surface area contributed by atoms with Crippen LogP contribution in [0.15, 0.2) is 30.3 Å². The van der Waals surface area contributed by atoms with E-state index < -0.39 is 0 Å². The van der Waals surface area contributed by atoms with Crippen LogP contribution in [0.3, 0.4) is 0 Å². The van der Waals surface area contributed by atoms with Crippen LogP contribution in [0.4, 0.5) is 0 Å². The SMILES string of the molecule is O=POc1ccccc1.[Ag]. The minimum atomic E-state index is -0.305. The van der Waals surface area contributed by atoms with E-state index in [1.54, 1.807) is 12.1 Å². The molecule has 0 atom stereocenters. The molecule has 4 heteroatoms. The molecular formula is C6H5AgO2P. The molecule has 1 radical (unpaired) electrons. The molecule has 0 N–H and O–H groups in total. The van der Waals surface area contributed by atoms with Crippen molar-refractivity contribution in [2.75, 3.05) is 0 Å². The van der Waals surface area contributed by atoms with Gasteiger partial charge in [0.05, 0.1) is 0 Å². The average molecular weight is 248 g/mol. The van der Waals surface area contributed by atoms with Gasteiger partial charge in [0.15, 0.2) is 0 Å². The number of hydrogen-bond acceptors (Lipinski definition) is 2. The van der Waals surface area contributed by atoms with Crippen LogP contribution in [0.25, 0.3) is 0 Å². The predicted octanol–water partition coefficient (Wildman–Crippen LogP) is 2.27. The summed E-state index contributed by atoms with van der Waals surface area (Å²) in [6.07, 6.45) is 0. The van der Waals surface area contributed by atoms with Gasteiger partial charge in [0.2, 0.25) is 0 Å². The van der Waals surface area contributed by atoms with E-state index in [9.17, 15) is 4.57 Å². The number of benzene rings is 1. The first kappa shape index (κ1) is 9.86. The fourth-order valence-electron chi connectivity index (χ4n) is 0.524. The molecule has 0 spiro atoms. The molecule has 2 nitrogen and oxygen atoms in total. The Balaban J connectivity index is 0.000000810. The quantitative estimate of drug-likeness (QED) is 0.592. The van der Waals surface area contributed by atoms with Crippen LogP contribution in [-0.2, 0) is 26.9 Å². The van der Waals surface area contributed by atoms with Crippen molar-refractivity contribution in [2.24, 2.45) is 0 Å². The van der Waals surface area contributed by atoms with Gasteiger partial charge in [-0.25, -0.2) is 4.57 Å². The van der Waals surface area contributed by atoms with Crippen molar-refractivity contribution in [3.8, 4) is 5.75 Å². The average Bonchev–Trinajstić information content (AvgIpc) is 1.91. The van der Waals surface area contributed by atoms with Gasteiger partial charge in [0.1, 0.15) is 5.75 Å². The van der Waals surface area contributed by atoms with Crippen LogP contribution >= 0.6 is 8.69 Å². The summed E-state index contributed by atoms with van der Waals surface area (Å²) < 4.78 is 14.5. The summed E-state index contributed by atoms with van der Waals surface area (Å²) in [6, 6.07) is 8.99. The summed E-state index contributed by atoms with van der Waals surface area (Å²) >= 11 is 0. The van der Waals surface area contributed by atoms with Crippen molar-refractivity contribution in [3.63, 3.8) is 0 Å². The zero-order valence-electron chi connectivity index (χ0n) is 4.95. The van der Waals surface area contributed by atoms with E-state index in [0.717, 1.165) is 0 Å². The van der Waals surface area contributed by atoms with Crippen molar-refractivity contribution in [3.05, 3.63) is 30.3 Å². The molecule has 1 rings (SSSR count). The van der Waals surface area contributed by atoms with E-state index in [1.807, 2.05) is 18.2 Å². The summed E-state index contributed by atoms with van der Waals surface area (Å²) in [6.45, 7) is 0. The molecule has 57 valence electrons. The maximum absolute atomic E-state index is 9.85. The van der Waals surface area contributed by atoms with Gasteiger partial charge in [-0.15, -0.1) is 0 Å². The van der Waals surface area contributed by atoms with Gasteiger partial charge in [-0.1, -0.05) is 18.2 Å². The standard InChI is InChI=1S/C6H5O2P.Ag/c7-9-8-6-4-2-1-3-5-6;/h1-5H;. The maximum atomic E-state index is 9.85. The molecule has 0 saturated heterocycles. The summed E-state index contributed by atoms with van der Waals surface area (Å²) in [4.78, 5) is 0. The van der Waals surface area contributed by atoms with Gasteiger partial charge in [0.25, 0.3) is 0 Å². The Hall–Kier alpha value is -0.140. The topological polar surface area (TPSA) is 26.3 Å². The first-order chi connectivity index (χ1) is 4.43. The second-order valence-electron chi connectivity index (χ2n) is 1.48. The number of rotatable bonds is 2. The molecule has 0 aliphatic carbocycles. The predicted molar refractivity (Wildman–Crippen MR) is 34.7 cm³/mol. The second kappa shape index (κ2) is 5.63. The number of hydrogen-bond donors (Lipinski definition) is 0. The monoisotopic (exact) mass is 247 g/mol. The molecule has 0 bridgehead atoms. The van der Waals surface area contributed by atoms with Gasteiger partial charge >= 0.3 is 8.69 Å². The van der Waals surface area contributed by atoms with Crippen LogP contribution in [0.1, 0.15) is 0 Å². The van der Waals surface area contributed by atoms with Gasteiger partial charge < -0.3 is 4.52 Å². The van der Waals surface area contributed by atoms with Gasteiger partial charge in [-0.2, -0.15) is 0 Å². The molecule has 0 saturated carbocycles. The first-order valence-corrected chi connectivity index (χ1v) is 3.21. The van der Waals surface area contributed by atoms with Gasteiger partial charge in [0, 0.05) is 22.4 Å². The minimum absolute atomic E-state index is 0. The fraction of sp³-hybridized carbons (Fsp3) is 0. The van der Waals surface area contributed by atoms with Crippen LogP contribution in [-0.4, -0.2) is 0 Å². The van der Waals surface area contributed by atoms with Crippen molar-refractivity contribution in [1.82, 2.24) is 0 Å². The van der Waals surface area contributed by atoms with E-state index in [1.165, 1.54) is 0 Å². The maximum Gasteiger partial charge on any atom is 0.395 e. The zero-order chi connectivity index (χ0) is 6.53. The Morgan fingerprint density at radius 2 is 1.80 bits per heavy atom. The normalized spacial score (nSPS) is 8.40. The van der Waals surface area contributed by atoms with Crippen LogP contribution < -0.4 is 4.52 Å². The molecule has 0 amide bonds. The summed E-state index contributed by atoms with van der Waals surface area (Å²) in [7, 11) is -0.305. The Morgan fingerprint density at radius 1 is 1.20 bits per heavy atom. The molecule has 1 aromatic carbocycles. The zero-order valence-corrected chi connectivity index (χ0v) is 7.33. The van der Waals surface area contributed by atoms with Gasteiger partial charge in [-0.3, -0.25) is 0 Å². The smallest absolute Gasteiger partial charge is 0.395 e. The molecule has 0 unspecified atom stereocenters.